The molecule has 254 valence electrons. The fourth-order valence-electron chi connectivity index (χ4n) is 6.00. The van der Waals surface area contributed by atoms with Crippen molar-refractivity contribution in [3.8, 4) is 17.2 Å². The van der Waals surface area contributed by atoms with Crippen molar-refractivity contribution in [3.05, 3.63) is 129 Å². The Morgan fingerprint density at radius 1 is 1.00 bits per heavy atom. The normalized spacial score (nSPS) is 17.9. The minimum atomic E-state index is -1.03. The van der Waals surface area contributed by atoms with Crippen LogP contribution in [0.4, 0.5) is 5.13 Å². The Kier molecular flexibility index (Phi) is 9.80. The van der Waals surface area contributed by atoms with E-state index >= 15 is 0 Å². The van der Waals surface area contributed by atoms with Crippen LogP contribution in [0.3, 0.4) is 0 Å². The zero-order valence-electron chi connectivity index (χ0n) is 27.2. The van der Waals surface area contributed by atoms with Gasteiger partial charge in [0.2, 0.25) is 5.13 Å². The van der Waals surface area contributed by atoms with Crippen molar-refractivity contribution >= 4 is 57.3 Å². The van der Waals surface area contributed by atoms with Crippen LogP contribution >= 0.6 is 34.7 Å². The first-order valence-electron chi connectivity index (χ1n) is 16.0. The molecule has 50 heavy (non-hydrogen) atoms. The largest absolute Gasteiger partial charge is 0.507 e. The van der Waals surface area contributed by atoms with E-state index in [1.807, 2.05) is 68.4 Å². The van der Waals surface area contributed by atoms with E-state index in [0.717, 1.165) is 22.4 Å². The maximum atomic E-state index is 13.9. The fraction of sp³-hybridized carbons (Fsp3) is 0.211. The zero-order valence-corrected chi connectivity index (χ0v) is 29.6. The van der Waals surface area contributed by atoms with Crippen LogP contribution < -0.4 is 19.1 Å². The molecular formula is C38H32ClN3O6S2. The third kappa shape index (κ3) is 6.81. The van der Waals surface area contributed by atoms with Gasteiger partial charge in [-0.1, -0.05) is 89.3 Å². The van der Waals surface area contributed by atoms with Gasteiger partial charge in [0.25, 0.3) is 5.78 Å². The highest BCUT2D eigenvalue weighted by Gasteiger charge is 2.48. The molecule has 7 rings (SSSR count). The van der Waals surface area contributed by atoms with Crippen LogP contribution in [0.1, 0.15) is 47.7 Å². The average molecular weight is 726 g/mol. The summed E-state index contributed by atoms with van der Waals surface area (Å²) in [5.41, 5.74) is 3.70. The zero-order chi connectivity index (χ0) is 34.8. The van der Waals surface area contributed by atoms with Gasteiger partial charge in [-0.25, -0.2) is 0 Å². The number of aromatic nitrogens is 2. The molecule has 1 aromatic heterocycles. The molecule has 0 bridgehead atoms. The molecule has 0 aliphatic carbocycles. The molecule has 2 aliphatic rings. The molecule has 2 aliphatic heterocycles. The van der Waals surface area contributed by atoms with Crippen LogP contribution in [0.2, 0.25) is 5.02 Å². The van der Waals surface area contributed by atoms with Gasteiger partial charge in [-0.3, -0.25) is 14.5 Å². The second kappa shape index (κ2) is 14.6. The lowest BCUT2D eigenvalue weighted by Gasteiger charge is -2.24. The highest BCUT2D eigenvalue weighted by Crippen LogP contribution is 2.46. The van der Waals surface area contributed by atoms with Gasteiger partial charge in [-0.05, 0) is 72.5 Å². The van der Waals surface area contributed by atoms with Crippen molar-refractivity contribution in [2.75, 3.05) is 11.5 Å². The van der Waals surface area contributed by atoms with Crippen LogP contribution in [-0.4, -0.2) is 39.7 Å². The van der Waals surface area contributed by atoms with Crippen molar-refractivity contribution < 1.29 is 28.9 Å². The van der Waals surface area contributed by atoms with Crippen molar-refractivity contribution in [3.63, 3.8) is 0 Å². The second-order valence-electron chi connectivity index (χ2n) is 11.8. The van der Waals surface area contributed by atoms with Crippen molar-refractivity contribution in [1.82, 2.24) is 10.2 Å². The number of aliphatic hydroxyl groups is 1. The summed E-state index contributed by atoms with van der Waals surface area (Å²) >= 11 is 8.97. The first-order chi connectivity index (χ1) is 24.3. The third-order valence-corrected chi connectivity index (χ3v) is 10.8. The third-order valence-electron chi connectivity index (χ3n) is 8.35. The topological polar surface area (TPSA) is 111 Å². The van der Waals surface area contributed by atoms with Gasteiger partial charge in [-0.2, -0.15) is 0 Å². The summed E-state index contributed by atoms with van der Waals surface area (Å²) in [4.78, 5) is 29.1. The van der Waals surface area contributed by atoms with Crippen LogP contribution in [-0.2, 0) is 28.4 Å². The lowest BCUT2D eigenvalue weighted by atomic mass is 9.94. The molecule has 0 saturated carbocycles. The van der Waals surface area contributed by atoms with Crippen molar-refractivity contribution in [1.29, 1.82) is 0 Å². The maximum absolute atomic E-state index is 13.9. The molecular weight excluding hydrogens is 694 g/mol. The number of halogens is 1. The lowest BCUT2D eigenvalue weighted by molar-refractivity contribution is -0.132. The van der Waals surface area contributed by atoms with Crippen LogP contribution in [0.5, 0.6) is 17.2 Å². The number of Topliss-reactive ketones (excluding diaryl/α,β-unsaturated/α-hetero) is 1. The molecule has 0 unspecified atom stereocenters. The number of benzene rings is 4. The van der Waals surface area contributed by atoms with Gasteiger partial charge >= 0.3 is 5.91 Å². The van der Waals surface area contributed by atoms with Gasteiger partial charge in [0, 0.05) is 22.8 Å². The number of nitrogens with zero attached hydrogens (tertiary/aromatic N) is 3. The van der Waals surface area contributed by atoms with E-state index in [1.165, 1.54) is 28.0 Å². The Bertz CT molecular complexity index is 2100. The van der Waals surface area contributed by atoms with Crippen molar-refractivity contribution in [2.24, 2.45) is 0 Å². The highest BCUT2D eigenvalue weighted by atomic mass is 35.5. The molecule has 1 fully saturated rings. The minimum absolute atomic E-state index is 0.00466. The molecule has 1 N–H and O–H groups in total. The number of ketones is 1. The Labute approximate surface area is 302 Å². The summed E-state index contributed by atoms with van der Waals surface area (Å²) in [5.74, 6) is 0.255. The SMILES string of the molecule is CCOc1cc([C@H]2/C(=C(\O)c3ccc4c(c3)C[C@H](C)O4)C(=O)C(=O)N2c2nnc(SCc3ccccc3Cl)s2)ccc1OCc1ccccc1. The number of hydrogen-bond acceptors (Lipinski definition) is 10. The number of anilines is 1. The number of aliphatic hydroxyl groups excluding tert-OH is 1. The van der Waals surface area contributed by atoms with E-state index in [1.54, 1.807) is 36.4 Å². The summed E-state index contributed by atoms with van der Waals surface area (Å²) in [7, 11) is 0. The number of rotatable bonds is 11. The van der Waals surface area contributed by atoms with Crippen LogP contribution in [0.15, 0.2) is 101 Å². The molecule has 5 aromatic rings. The molecule has 0 radical (unpaired) electrons. The van der Waals surface area contributed by atoms with E-state index in [0.29, 0.717) is 57.4 Å². The van der Waals surface area contributed by atoms with Gasteiger partial charge in [0.15, 0.2) is 15.8 Å². The Morgan fingerprint density at radius 3 is 2.60 bits per heavy atom. The second-order valence-corrected chi connectivity index (χ2v) is 14.4. The summed E-state index contributed by atoms with van der Waals surface area (Å²) in [6.45, 7) is 4.50. The molecule has 3 heterocycles. The molecule has 9 nitrogen and oxygen atoms in total. The number of amides is 1. The quantitative estimate of drug-likeness (QED) is 0.0472. The molecule has 4 aromatic carbocycles. The number of hydrogen-bond donors (Lipinski definition) is 1. The highest BCUT2D eigenvalue weighted by molar-refractivity contribution is 8.00. The predicted molar refractivity (Wildman–Crippen MR) is 194 cm³/mol. The molecule has 1 saturated heterocycles. The van der Waals surface area contributed by atoms with E-state index < -0.39 is 17.7 Å². The molecule has 12 heteroatoms. The Balaban J connectivity index is 1.28. The number of carbonyl (C=O) groups excluding carboxylic acids is 2. The standard InChI is InChI=1S/C38H32ClN3O6S2/c1-3-46-31-19-24(13-16-30(31)47-20-23-9-5-4-6-10-23)33-32(34(43)25-14-15-29-27(18-25)17-22(2)48-29)35(44)36(45)42(33)37-40-41-38(50-37)49-21-26-11-7-8-12-28(26)39/h4-16,18-19,22,33,43H,3,17,20-21H2,1-2H3/b34-32+/t22-,33-/m0/s1. The summed E-state index contributed by atoms with van der Waals surface area (Å²) in [6, 6.07) is 26.8. The molecule has 1 amide bonds. The van der Waals surface area contributed by atoms with Gasteiger partial charge in [-0.15, -0.1) is 10.2 Å². The predicted octanol–water partition coefficient (Wildman–Crippen LogP) is 8.41. The molecule has 0 spiro atoms. The number of thioether (sulfide) groups is 1. The van der Waals surface area contributed by atoms with Crippen LogP contribution in [0, 0.1) is 0 Å². The summed E-state index contributed by atoms with van der Waals surface area (Å²) in [5, 5.41) is 21.4. The molecule has 2 atom stereocenters. The average Bonchev–Trinajstić information content (AvgIpc) is 3.82. The number of fused-ring (bicyclic) bond motifs is 1. The first kappa shape index (κ1) is 33.6. The minimum Gasteiger partial charge on any atom is -0.507 e. The van der Waals surface area contributed by atoms with Crippen LogP contribution in [0.25, 0.3) is 5.76 Å². The number of carbonyl (C=O) groups is 2. The first-order valence-corrected chi connectivity index (χ1v) is 18.2. The summed E-state index contributed by atoms with van der Waals surface area (Å²) < 4.78 is 18.6. The van der Waals surface area contributed by atoms with Gasteiger partial charge < -0.3 is 19.3 Å². The van der Waals surface area contributed by atoms with E-state index in [2.05, 4.69) is 10.2 Å². The van der Waals surface area contributed by atoms with E-state index in [9.17, 15) is 14.7 Å². The maximum Gasteiger partial charge on any atom is 0.301 e. The monoisotopic (exact) mass is 725 g/mol. The van der Waals surface area contributed by atoms with E-state index in [-0.39, 0.29) is 22.6 Å². The van der Waals surface area contributed by atoms with Crippen molar-refractivity contribution in [2.45, 2.75) is 49.1 Å². The lowest BCUT2D eigenvalue weighted by Crippen LogP contribution is -2.29. The van der Waals surface area contributed by atoms with Gasteiger partial charge in [0.05, 0.1) is 18.2 Å². The number of ether oxygens (including phenoxy) is 3. The Morgan fingerprint density at radius 2 is 1.80 bits per heavy atom. The Hall–Kier alpha value is -4.84. The van der Waals surface area contributed by atoms with E-state index in [4.69, 9.17) is 25.8 Å². The smallest absolute Gasteiger partial charge is 0.301 e. The summed E-state index contributed by atoms with van der Waals surface area (Å²) in [6.07, 6.45) is 0.658. The fourth-order valence-corrected chi connectivity index (χ4v) is 8.15. The van der Waals surface area contributed by atoms with Gasteiger partial charge in [0.1, 0.15) is 24.2 Å².